The van der Waals surface area contributed by atoms with Crippen LogP contribution in [0.4, 0.5) is 0 Å². The van der Waals surface area contributed by atoms with Crippen molar-refractivity contribution in [2.75, 3.05) is 0 Å². The zero-order chi connectivity index (χ0) is 19.4. The molecule has 3 aromatic rings. The Bertz CT molecular complexity index is 1190. The van der Waals surface area contributed by atoms with E-state index in [0.29, 0.717) is 11.8 Å². The predicted octanol–water partition coefficient (Wildman–Crippen LogP) is 7.05. The minimum Gasteiger partial charge on any atom is -0.252 e. The topological polar surface area (TPSA) is 12.9 Å². The number of hydrogen-bond donors (Lipinski definition) is 0. The van der Waals surface area contributed by atoms with E-state index in [1.165, 1.54) is 51.2 Å². The second-order valence-corrected chi connectivity index (χ2v) is 9.26. The van der Waals surface area contributed by atoms with E-state index in [2.05, 4.69) is 88.8 Å². The van der Waals surface area contributed by atoms with Crippen molar-refractivity contribution in [2.45, 2.75) is 31.6 Å². The average molecular weight is 440 g/mol. The van der Waals surface area contributed by atoms with Gasteiger partial charge in [-0.05, 0) is 71.6 Å². The molecule has 0 amide bonds. The molecule has 0 saturated carbocycles. The highest BCUT2D eigenvalue weighted by Crippen LogP contribution is 2.47. The SMILES string of the molecule is Brc1cccc(-c2c3c(nc4c2CC[C@H]2C=CC=CC42)-c2ccccc2CC3)c1. The molecule has 1 nitrogen and oxygen atoms in total. The number of halogens is 1. The van der Waals surface area contributed by atoms with Crippen LogP contribution in [0.5, 0.6) is 0 Å². The highest BCUT2D eigenvalue weighted by molar-refractivity contribution is 9.10. The van der Waals surface area contributed by atoms with Crippen LogP contribution < -0.4 is 0 Å². The first kappa shape index (κ1) is 17.4. The molecule has 1 aromatic heterocycles. The molecule has 2 atom stereocenters. The molecular weight excluding hydrogens is 418 g/mol. The van der Waals surface area contributed by atoms with Gasteiger partial charge in [0.25, 0.3) is 0 Å². The molecule has 0 saturated heterocycles. The van der Waals surface area contributed by atoms with E-state index in [0.717, 1.165) is 23.7 Å². The number of fused-ring (bicyclic) bond motifs is 6. The van der Waals surface area contributed by atoms with Crippen LogP contribution in [0.15, 0.2) is 77.3 Å². The Balaban J connectivity index is 1.67. The summed E-state index contributed by atoms with van der Waals surface area (Å²) in [6.45, 7) is 0. The van der Waals surface area contributed by atoms with Crippen LogP contribution in [-0.4, -0.2) is 4.98 Å². The van der Waals surface area contributed by atoms with Crippen molar-refractivity contribution in [3.05, 3.63) is 99.7 Å². The van der Waals surface area contributed by atoms with Gasteiger partial charge in [0, 0.05) is 16.0 Å². The van der Waals surface area contributed by atoms with Gasteiger partial charge in [-0.3, -0.25) is 4.98 Å². The van der Waals surface area contributed by atoms with Crippen LogP contribution in [0.25, 0.3) is 22.4 Å². The summed E-state index contributed by atoms with van der Waals surface area (Å²) in [5, 5.41) is 0. The number of hydrogen-bond acceptors (Lipinski definition) is 1. The summed E-state index contributed by atoms with van der Waals surface area (Å²) in [6.07, 6.45) is 13.6. The number of aryl methyl sites for hydroxylation is 1. The molecule has 6 rings (SSSR count). The van der Waals surface area contributed by atoms with Gasteiger partial charge < -0.3 is 0 Å². The molecule has 0 radical (unpaired) electrons. The molecule has 0 N–H and O–H groups in total. The maximum Gasteiger partial charge on any atom is 0.0746 e. The van der Waals surface area contributed by atoms with E-state index >= 15 is 0 Å². The molecule has 1 heterocycles. The van der Waals surface area contributed by atoms with Crippen molar-refractivity contribution >= 4 is 15.9 Å². The molecule has 3 aliphatic rings. The van der Waals surface area contributed by atoms with Gasteiger partial charge in [0.1, 0.15) is 0 Å². The maximum atomic E-state index is 5.39. The summed E-state index contributed by atoms with van der Waals surface area (Å²) in [5.74, 6) is 0.973. The van der Waals surface area contributed by atoms with Crippen LogP contribution in [0.2, 0.25) is 0 Å². The number of benzene rings is 2. The van der Waals surface area contributed by atoms with Gasteiger partial charge in [0.2, 0.25) is 0 Å². The first-order valence-corrected chi connectivity index (χ1v) is 11.3. The summed E-state index contributed by atoms with van der Waals surface area (Å²) in [7, 11) is 0. The summed E-state index contributed by atoms with van der Waals surface area (Å²) < 4.78 is 1.14. The zero-order valence-corrected chi connectivity index (χ0v) is 17.8. The van der Waals surface area contributed by atoms with E-state index in [1.54, 1.807) is 0 Å². The van der Waals surface area contributed by atoms with Crippen molar-refractivity contribution in [1.29, 1.82) is 0 Å². The monoisotopic (exact) mass is 439 g/mol. The molecule has 0 fully saturated rings. The second-order valence-electron chi connectivity index (χ2n) is 8.34. The number of pyridine rings is 1. The number of aromatic nitrogens is 1. The minimum atomic E-state index is 0.397. The van der Waals surface area contributed by atoms with E-state index < -0.39 is 0 Å². The fourth-order valence-corrected chi connectivity index (χ4v) is 5.83. The smallest absolute Gasteiger partial charge is 0.0746 e. The lowest BCUT2D eigenvalue weighted by Gasteiger charge is -2.35. The molecule has 2 aromatic carbocycles. The van der Waals surface area contributed by atoms with Crippen molar-refractivity contribution < 1.29 is 0 Å². The van der Waals surface area contributed by atoms with Gasteiger partial charge in [0.15, 0.2) is 0 Å². The van der Waals surface area contributed by atoms with Crippen molar-refractivity contribution in [3.63, 3.8) is 0 Å². The maximum absolute atomic E-state index is 5.39. The molecule has 142 valence electrons. The fraction of sp³-hybridized carbons (Fsp3) is 0.222. The molecule has 0 spiro atoms. The van der Waals surface area contributed by atoms with Crippen LogP contribution in [0.1, 0.15) is 34.7 Å². The van der Waals surface area contributed by atoms with Gasteiger partial charge in [-0.15, -0.1) is 0 Å². The first-order valence-electron chi connectivity index (χ1n) is 10.5. The second kappa shape index (κ2) is 6.81. The summed E-state index contributed by atoms with van der Waals surface area (Å²) in [6, 6.07) is 17.7. The van der Waals surface area contributed by atoms with Gasteiger partial charge in [-0.2, -0.15) is 0 Å². The molecule has 0 aliphatic heterocycles. The highest BCUT2D eigenvalue weighted by Gasteiger charge is 2.34. The van der Waals surface area contributed by atoms with Crippen molar-refractivity contribution in [2.24, 2.45) is 5.92 Å². The molecule has 1 unspecified atom stereocenters. The van der Waals surface area contributed by atoms with E-state index in [9.17, 15) is 0 Å². The molecular formula is C27H22BrN. The van der Waals surface area contributed by atoms with Crippen LogP contribution >= 0.6 is 15.9 Å². The lowest BCUT2D eigenvalue weighted by molar-refractivity contribution is 0.488. The zero-order valence-electron chi connectivity index (χ0n) is 16.2. The van der Waals surface area contributed by atoms with Gasteiger partial charge in [-0.1, -0.05) is 76.6 Å². The summed E-state index contributed by atoms with van der Waals surface area (Å²) in [5.41, 5.74) is 10.9. The first-order chi connectivity index (χ1) is 14.3. The lowest BCUT2D eigenvalue weighted by Crippen LogP contribution is -2.23. The Hall–Kier alpha value is -2.45. The number of nitrogens with zero attached hydrogens (tertiary/aromatic N) is 1. The van der Waals surface area contributed by atoms with Crippen molar-refractivity contribution in [1.82, 2.24) is 4.98 Å². The highest BCUT2D eigenvalue weighted by atomic mass is 79.9. The third kappa shape index (κ3) is 2.77. The normalized spacial score (nSPS) is 21.1. The Morgan fingerprint density at radius 1 is 0.862 bits per heavy atom. The van der Waals surface area contributed by atoms with Crippen LogP contribution in [-0.2, 0) is 19.3 Å². The minimum absolute atomic E-state index is 0.397. The Kier molecular flexibility index (Phi) is 4.09. The van der Waals surface area contributed by atoms with E-state index in [-0.39, 0.29) is 0 Å². The quantitative estimate of drug-likeness (QED) is 0.395. The standard InChI is InChI=1S/C27H22BrN/c28-20-9-5-8-19(16-20)25-23-14-12-17-6-1-3-10-21(17)26(23)29-27-22-11-4-2-7-18(22)13-15-24(25)27/h1-11,16-17,21H,12-15H2/t17-,21?/m1/s1. The Labute approximate surface area is 180 Å². The molecule has 2 heteroatoms. The third-order valence-corrected chi connectivity index (χ3v) is 7.25. The third-order valence-electron chi connectivity index (χ3n) is 6.75. The summed E-state index contributed by atoms with van der Waals surface area (Å²) >= 11 is 3.70. The number of rotatable bonds is 1. The van der Waals surface area contributed by atoms with E-state index in [4.69, 9.17) is 4.98 Å². The fourth-order valence-electron chi connectivity index (χ4n) is 5.43. The predicted molar refractivity (Wildman–Crippen MR) is 123 cm³/mol. The van der Waals surface area contributed by atoms with Crippen LogP contribution in [0.3, 0.4) is 0 Å². The Morgan fingerprint density at radius 2 is 1.76 bits per heavy atom. The van der Waals surface area contributed by atoms with Gasteiger partial charge in [0.05, 0.1) is 11.4 Å². The molecule has 0 bridgehead atoms. The molecule has 29 heavy (non-hydrogen) atoms. The van der Waals surface area contributed by atoms with Crippen LogP contribution in [0, 0.1) is 5.92 Å². The Morgan fingerprint density at radius 3 is 2.69 bits per heavy atom. The van der Waals surface area contributed by atoms with E-state index in [1.807, 2.05) is 0 Å². The molecule has 3 aliphatic carbocycles. The van der Waals surface area contributed by atoms with Gasteiger partial charge >= 0.3 is 0 Å². The average Bonchev–Trinajstić information content (AvgIpc) is 2.77. The van der Waals surface area contributed by atoms with Gasteiger partial charge in [-0.25, -0.2) is 0 Å². The lowest BCUT2D eigenvalue weighted by atomic mass is 9.72. The van der Waals surface area contributed by atoms with Crippen molar-refractivity contribution in [3.8, 4) is 22.4 Å². The summed E-state index contributed by atoms with van der Waals surface area (Å²) in [4.78, 5) is 5.39. The largest absolute Gasteiger partial charge is 0.252 e. The number of allylic oxidation sites excluding steroid dienone is 4.